The molecule has 156 valence electrons. The maximum Gasteiger partial charge on any atom is 0.267 e. The first-order valence-electron chi connectivity index (χ1n) is 9.76. The van der Waals surface area contributed by atoms with E-state index in [2.05, 4.69) is 37.9 Å². The maximum atomic E-state index is 12.0. The van der Waals surface area contributed by atoms with Gasteiger partial charge in [-0.1, -0.05) is 62.7 Å². The van der Waals surface area contributed by atoms with Gasteiger partial charge in [0.2, 0.25) is 10.0 Å². The Kier molecular flexibility index (Phi) is 6.36. The fourth-order valence-electron chi connectivity index (χ4n) is 3.44. The van der Waals surface area contributed by atoms with Crippen molar-refractivity contribution >= 4 is 27.2 Å². The second-order valence-electron chi connectivity index (χ2n) is 8.35. The fraction of sp³-hybridized carbons (Fsp3) is 0.409. The highest BCUT2D eigenvalue weighted by Gasteiger charge is 2.27. The molecule has 29 heavy (non-hydrogen) atoms. The lowest BCUT2D eigenvalue weighted by Gasteiger charge is -2.20. The van der Waals surface area contributed by atoms with Crippen LogP contribution in [0.2, 0.25) is 5.02 Å². The smallest absolute Gasteiger partial charge is 0.267 e. The third-order valence-electron chi connectivity index (χ3n) is 5.14. The average molecular weight is 435 g/mol. The second-order valence-corrected chi connectivity index (χ2v) is 10.8. The molecule has 1 aliphatic rings. The summed E-state index contributed by atoms with van der Waals surface area (Å²) in [7, 11) is -3.12. The lowest BCUT2D eigenvalue weighted by Crippen LogP contribution is -2.26. The standard InChI is InChI=1S/C22H27ClN2O3S/c1-22(2,3)17-9-7-16(8-10-17)18(20-12-11-19(23)21(26)24-20)6-4-13-25-14-5-15-29(25,27)28/h6-12H,4-5,13-15H2,1-3H3,(H,24,26)/b18-6+. The summed E-state index contributed by atoms with van der Waals surface area (Å²) in [5, 5.41) is 0.138. The van der Waals surface area contributed by atoms with Gasteiger partial charge >= 0.3 is 0 Å². The van der Waals surface area contributed by atoms with E-state index in [0.717, 1.165) is 11.1 Å². The van der Waals surface area contributed by atoms with E-state index in [1.165, 1.54) is 9.87 Å². The van der Waals surface area contributed by atoms with E-state index in [1.54, 1.807) is 12.1 Å². The number of H-pyrrole nitrogens is 1. The van der Waals surface area contributed by atoms with Crippen molar-refractivity contribution in [2.45, 2.75) is 39.0 Å². The van der Waals surface area contributed by atoms with Crippen LogP contribution in [0.15, 0.2) is 47.3 Å². The van der Waals surface area contributed by atoms with E-state index in [-0.39, 0.29) is 21.7 Å². The van der Waals surface area contributed by atoms with Gasteiger partial charge in [0.1, 0.15) is 5.02 Å². The van der Waals surface area contributed by atoms with Crippen LogP contribution >= 0.6 is 11.6 Å². The van der Waals surface area contributed by atoms with Gasteiger partial charge in [0.15, 0.2) is 0 Å². The van der Waals surface area contributed by atoms with Gasteiger partial charge in [-0.25, -0.2) is 12.7 Å². The van der Waals surface area contributed by atoms with Crippen LogP contribution in [-0.2, 0) is 15.4 Å². The van der Waals surface area contributed by atoms with Crippen LogP contribution in [0.4, 0.5) is 0 Å². The second kappa shape index (κ2) is 8.46. The molecule has 0 spiro atoms. The lowest BCUT2D eigenvalue weighted by atomic mass is 9.86. The highest BCUT2D eigenvalue weighted by atomic mass is 35.5. The van der Waals surface area contributed by atoms with Gasteiger partial charge in [0.25, 0.3) is 5.56 Å². The Labute approximate surface area is 177 Å². The molecular formula is C22H27ClN2O3S. The molecule has 0 saturated carbocycles. The van der Waals surface area contributed by atoms with Crippen LogP contribution in [0.5, 0.6) is 0 Å². The van der Waals surface area contributed by atoms with Crippen molar-refractivity contribution in [3.63, 3.8) is 0 Å². The van der Waals surface area contributed by atoms with Crippen molar-refractivity contribution in [1.29, 1.82) is 0 Å². The summed E-state index contributed by atoms with van der Waals surface area (Å²) >= 11 is 5.89. The molecule has 5 nitrogen and oxygen atoms in total. The first-order valence-corrected chi connectivity index (χ1v) is 11.7. The SMILES string of the molecule is CC(C)(C)c1ccc(/C(=C\CCN2CCCS2(=O)=O)c2ccc(Cl)c(=O)[nH]2)cc1. The van der Waals surface area contributed by atoms with E-state index in [0.29, 0.717) is 31.6 Å². The van der Waals surface area contributed by atoms with Crippen LogP contribution in [0.3, 0.4) is 0 Å². The minimum absolute atomic E-state index is 0.0428. The van der Waals surface area contributed by atoms with Crippen LogP contribution in [0, 0.1) is 0 Å². The molecule has 0 unspecified atom stereocenters. The Bertz CT molecular complexity index is 1060. The topological polar surface area (TPSA) is 70.2 Å². The summed E-state index contributed by atoms with van der Waals surface area (Å²) in [6.07, 6.45) is 3.22. The summed E-state index contributed by atoms with van der Waals surface area (Å²) in [6, 6.07) is 11.6. The number of aromatic amines is 1. The fourth-order valence-corrected chi connectivity index (χ4v) is 5.09. The molecule has 7 heteroatoms. The predicted octanol–water partition coefficient (Wildman–Crippen LogP) is 4.18. The number of benzene rings is 1. The quantitative estimate of drug-likeness (QED) is 0.767. The Morgan fingerprint density at radius 1 is 1.17 bits per heavy atom. The van der Waals surface area contributed by atoms with E-state index in [1.807, 2.05) is 18.2 Å². The molecule has 1 aromatic heterocycles. The van der Waals surface area contributed by atoms with E-state index in [4.69, 9.17) is 11.6 Å². The molecular weight excluding hydrogens is 408 g/mol. The highest BCUT2D eigenvalue weighted by molar-refractivity contribution is 7.89. The van der Waals surface area contributed by atoms with Gasteiger partial charge in [-0.05, 0) is 41.5 Å². The van der Waals surface area contributed by atoms with Gasteiger partial charge in [-0.2, -0.15) is 0 Å². The Balaban J connectivity index is 1.93. The number of rotatable bonds is 5. The number of nitrogens with zero attached hydrogens (tertiary/aromatic N) is 1. The number of pyridine rings is 1. The Morgan fingerprint density at radius 3 is 2.41 bits per heavy atom. The number of sulfonamides is 1. The monoisotopic (exact) mass is 434 g/mol. The molecule has 1 aliphatic heterocycles. The van der Waals surface area contributed by atoms with Crippen LogP contribution < -0.4 is 5.56 Å². The van der Waals surface area contributed by atoms with Gasteiger partial charge in [0, 0.05) is 24.4 Å². The summed E-state index contributed by atoms with van der Waals surface area (Å²) in [4.78, 5) is 14.9. The molecule has 0 amide bonds. The van der Waals surface area contributed by atoms with Crippen LogP contribution in [0.1, 0.15) is 50.4 Å². The molecule has 0 atom stereocenters. The number of nitrogens with one attached hydrogen (secondary N) is 1. The van der Waals surface area contributed by atoms with Crippen molar-refractivity contribution in [3.8, 4) is 0 Å². The minimum atomic E-state index is -3.12. The van der Waals surface area contributed by atoms with Gasteiger partial charge in [-0.15, -0.1) is 0 Å². The number of hydrogen-bond donors (Lipinski definition) is 1. The highest BCUT2D eigenvalue weighted by Crippen LogP contribution is 2.27. The Hall–Kier alpha value is -1.89. The van der Waals surface area contributed by atoms with Crippen molar-refractivity contribution in [2.75, 3.05) is 18.8 Å². The summed E-state index contributed by atoms with van der Waals surface area (Å²) in [6.45, 7) is 7.48. The molecule has 0 aliphatic carbocycles. The summed E-state index contributed by atoms with van der Waals surface area (Å²) < 4.78 is 25.6. The van der Waals surface area contributed by atoms with E-state index < -0.39 is 10.0 Å². The van der Waals surface area contributed by atoms with E-state index in [9.17, 15) is 13.2 Å². The number of hydrogen-bond acceptors (Lipinski definition) is 3. The molecule has 0 radical (unpaired) electrons. The summed E-state index contributed by atoms with van der Waals surface area (Å²) in [5.41, 5.74) is 3.39. The maximum absolute atomic E-state index is 12.0. The molecule has 2 heterocycles. The zero-order chi connectivity index (χ0) is 21.2. The van der Waals surface area contributed by atoms with Crippen LogP contribution in [-0.4, -0.2) is 36.5 Å². The third-order valence-corrected chi connectivity index (χ3v) is 7.40. The van der Waals surface area contributed by atoms with Gasteiger partial charge in [0.05, 0.1) is 5.75 Å². The molecule has 1 N–H and O–H groups in total. The third kappa shape index (κ3) is 5.18. The van der Waals surface area contributed by atoms with Gasteiger partial charge < -0.3 is 4.98 Å². The molecule has 3 rings (SSSR count). The zero-order valence-electron chi connectivity index (χ0n) is 17.0. The molecule has 1 aromatic carbocycles. The number of aromatic nitrogens is 1. The minimum Gasteiger partial charge on any atom is -0.321 e. The zero-order valence-corrected chi connectivity index (χ0v) is 18.6. The Morgan fingerprint density at radius 2 is 1.86 bits per heavy atom. The normalized spacial score (nSPS) is 17.6. The van der Waals surface area contributed by atoms with Crippen LogP contribution in [0.25, 0.3) is 5.57 Å². The average Bonchev–Trinajstić information content (AvgIpc) is 2.99. The largest absolute Gasteiger partial charge is 0.321 e. The number of halogens is 1. The van der Waals surface area contributed by atoms with Crippen molar-refractivity contribution in [2.24, 2.45) is 0 Å². The summed E-state index contributed by atoms with van der Waals surface area (Å²) in [5.74, 6) is 0.225. The first kappa shape index (κ1) is 21.8. The molecule has 0 bridgehead atoms. The van der Waals surface area contributed by atoms with Gasteiger partial charge in [-0.3, -0.25) is 4.79 Å². The first-order chi connectivity index (χ1) is 13.6. The molecule has 1 saturated heterocycles. The van der Waals surface area contributed by atoms with E-state index >= 15 is 0 Å². The predicted molar refractivity (Wildman–Crippen MR) is 119 cm³/mol. The lowest BCUT2D eigenvalue weighted by molar-refractivity contribution is 0.450. The molecule has 2 aromatic rings. The van der Waals surface area contributed by atoms with Crippen molar-refractivity contribution in [3.05, 3.63) is 74.7 Å². The molecule has 1 fully saturated rings. The van der Waals surface area contributed by atoms with Crippen molar-refractivity contribution in [1.82, 2.24) is 9.29 Å². The van der Waals surface area contributed by atoms with Crippen molar-refractivity contribution < 1.29 is 8.42 Å².